The molecule has 0 unspecified atom stereocenters. The van der Waals surface area contributed by atoms with Crippen LogP contribution in [0.25, 0.3) is 5.65 Å². The Morgan fingerprint density at radius 3 is 2.84 bits per heavy atom. The lowest BCUT2D eigenvalue weighted by Gasteiger charge is -2.16. The lowest BCUT2D eigenvalue weighted by Crippen LogP contribution is -2.20. The highest BCUT2D eigenvalue weighted by Crippen LogP contribution is 2.15. The van der Waals surface area contributed by atoms with Gasteiger partial charge < -0.3 is 10.0 Å². The smallest absolute Gasteiger partial charge is 0.309 e. The molecule has 0 aliphatic carbocycles. The van der Waals surface area contributed by atoms with E-state index in [1.54, 1.807) is 4.52 Å². The maximum absolute atomic E-state index is 10.9. The van der Waals surface area contributed by atoms with E-state index in [0.29, 0.717) is 17.0 Å². The Hall–Kier alpha value is -2.11. The molecule has 0 aliphatic rings. The molecule has 0 aliphatic heterocycles. The summed E-state index contributed by atoms with van der Waals surface area (Å²) in [6, 6.07) is 3.77. The molecule has 102 valence electrons. The van der Waals surface area contributed by atoms with Gasteiger partial charge in [-0.2, -0.15) is 0 Å². The average molecular weight is 262 g/mol. The van der Waals surface area contributed by atoms with Crippen LogP contribution in [0.4, 0.5) is 5.82 Å². The molecule has 2 aromatic heterocycles. The fourth-order valence-electron chi connectivity index (χ4n) is 2.08. The van der Waals surface area contributed by atoms with Crippen molar-refractivity contribution in [3.8, 4) is 0 Å². The number of rotatable bonds is 5. The van der Waals surface area contributed by atoms with Crippen LogP contribution in [0, 0.1) is 6.92 Å². The summed E-state index contributed by atoms with van der Waals surface area (Å²) >= 11 is 0. The van der Waals surface area contributed by atoms with Gasteiger partial charge in [-0.25, -0.2) is 9.50 Å². The summed E-state index contributed by atoms with van der Waals surface area (Å²) in [7, 11) is 1.97. The topological polar surface area (TPSA) is 70.7 Å². The molecule has 0 spiro atoms. The predicted octanol–water partition coefficient (Wildman–Crippen LogP) is 1.51. The van der Waals surface area contributed by atoms with Crippen LogP contribution in [0.5, 0.6) is 0 Å². The third-order valence-corrected chi connectivity index (χ3v) is 3.03. The first kappa shape index (κ1) is 13.3. The number of carbonyl (C=O) groups is 1. The van der Waals surface area contributed by atoms with Gasteiger partial charge in [-0.1, -0.05) is 6.92 Å². The number of nitrogens with zero attached hydrogens (tertiary/aromatic N) is 4. The van der Waals surface area contributed by atoms with Gasteiger partial charge in [-0.05, 0) is 25.5 Å². The van der Waals surface area contributed by atoms with Crippen LogP contribution < -0.4 is 4.90 Å². The maximum Gasteiger partial charge on any atom is 0.309 e. The minimum Gasteiger partial charge on any atom is -0.481 e. The number of hydrogen-bond acceptors (Lipinski definition) is 4. The lowest BCUT2D eigenvalue weighted by atomic mass is 10.3. The number of hydrogen-bond donors (Lipinski definition) is 1. The highest BCUT2D eigenvalue weighted by Gasteiger charge is 2.14. The normalized spacial score (nSPS) is 10.9. The molecule has 2 rings (SSSR count). The largest absolute Gasteiger partial charge is 0.481 e. The Bertz CT molecular complexity index is 606. The zero-order valence-electron chi connectivity index (χ0n) is 11.4. The second-order valence-corrected chi connectivity index (χ2v) is 4.60. The molecule has 0 aromatic carbocycles. The van der Waals surface area contributed by atoms with Gasteiger partial charge in [0.05, 0.1) is 17.8 Å². The number of carboxylic acid groups (broad SMARTS) is 1. The van der Waals surface area contributed by atoms with Crippen LogP contribution in [0.3, 0.4) is 0 Å². The molecule has 19 heavy (non-hydrogen) atoms. The van der Waals surface area contributed by atoms with Crippen molar-refractivity contribution in [2.24, 2.45) is 0 Å². The number of aryl methyl sites for hydroxylation is 1. The second-order valence-electron chi connectivity index (χ2n) is 4.60. The van der Waals surface area contributed by atoms with E-state index in [1.807, 2.05) is 31.0 Å². The van der Waals surface area contributed by atoms with Crippen LogP contribution in [0.2, 0.25) is 0 Å². The molecular formula is C13H18N4O2. The SMILES string of the molecule is CCCN(C)c1ccc2nc(C)c(CC(=O)O)n2n1. The number of aliphatic carboxylic acids is 1. The van der Waals surface area contributed by atoms with Crippen molar-refractivity contribution >= 4 is 17.4 Å². The first-order chi connectivity index (χ1) is 9.02. The summed E-state index contributed by atoms with van der Waals surface area (Å²) < 4.78 is 1.63. The summed E-state index contributed by atoms with van der Waals surface area (Å²) in [4.78, 5) is 17.3. The van der Waals surface area contributed by atoms with Crippen molar-refractivity contribution in [3.05, 3.63) is 23.5 Å². The molecule has 0 saturated carbocycles. The third-order valence-electron chi connectivity index (χ3n) is 3.03. The van der Waals surface area contributed by atoms with Gasteiger partial charge in [-0.3, -0.25) is 4.79 Å². The lowest BCUT2D eigenvalue weighted by molar-refractivity contribution is -0.136. The predicted molar refractivity (Wildman–Crippen MR) is 72.6 cm³/mol. The fourth-order valence-corrected chi connectivity index (χ4v) is 2.08. The first-order valence-electron chi connectivity index (χ1n) is 6.31. The van der Waals surface area contributed by atoms with Crippen molar-refractivity contribution in [2.45, 2.75) is 26.7 Å². The van der Waals surface area contributed by atoms with E-state index < -0.39 is 5.97 Å². The van der Waals surface area contributed by atoms with E-state index in [4.69, 9.17) is 5.11 Å². The highest BCUT2D eigenvalue weighted by atomic mass is 16.4. The maximum atomic E-state index is 10.9. The number of imidazole rings is 1. The minimum atomic E-state index is -0.876. The zero-order chi connectivity index (χ0) is 14.0. The van der Waals surface area contributed by atoms with Gasteiger partial charge in [0.1, 0.15) is 5.82 Å². The van der Waals surface area contributed by atoms with E-state index in [9.17, 15) is 4.79 Å². The van der Waals surface area contributed by atoms with Gasteiger partial charge in [0.15, 0.2) is 5.65 Å². The molecule has 0 atom stereocenters. The number of aromatic nitrogens is 3. The van der Waals surface area contributed by atoms with Crippen LogP contribution in [0.1, 0.15) is 24.7 Å². The molecule has 0 amide bonds. The summed E-state index contributed by atoms with van der Waals surface area (Å²) in [6.45, 7) is 4.81. The van der Waals surface area contributed by atoms with E-state index in [1.165, 1.54) is 0 Å². The van der Waals surface area contributed by atoms with Crippen molar-refractivity contribution in [2.75, 3.05) is 18.5 Å². The summed E-state index contributed by atoms with van der Waals surface area (Å²) in [5, 5.41) is 13.4. The number of carboxylic acids is 1. The standard InChI is InChI=1S/C13H18N4O2/c1-4-7-16(3)12-6-5-11-14-9(2)10(8-13(18)19)17(11)15-12/h5-6H,4,7-8H2,1-3H3,(H,18,19). The van der Waals surface area contributed by atoms with Gasteiger partial charge in [0.2, 0.25) is 0 Å². The fraction of sp³-hybridized carbons (Fsp3) is 0.462. The van der Waals surface area contributed by atoms with Crippen LogP contribution in [-0.4, -0.2) is 39.3 Å². The molecule has 6 heteroatoms. The third kappa shape index (κ3) is 2.67. The van der Waals surface area contributed by atoms with Gasteiger partial charge in [0, 0.05) is 13.6 Å². The summed E-state index contributed by atoms with van der Waals surface area (Å²) in [5.74, 6) is -0.0580. The number of fused-ring (bicyclic) bond motifs is 1. The molecule has 2 aromatic rings. The van der Waals surface area contributed by atoms with E-state index in [2.05, 4.69) is 17.0 Å². The van der Waals surface area contributed by atoms with E-state index in [0.717, 1.165) is 18.8 Å². The Labute approximate surface area is 111 Å². The zero-order valence-corrected chi connectivity index (χ0v) is 11.4. The highest BCUT2D eigenvalue weighted by molar-refractivity contribution is 5.70. The first-order valence-corrected chi connectivity index (χ1v) is 6.31. The molecule has 0 fully saturated rings. The second kappa shape index (κ2) is 5.26. The quantitative estimate of drug-likeness (QED) is 0.884. The van der Waals surface area contributed by atoms with Crippen LogP contribution in [0.15, 0.2) is 12.1 Å². The molecule has 0 saturated heterocycles. The Kier molecular flexibility index (Phi) is 3.69. The van der Waals surface area contributed by atoms with Crippen molar-refractivity contribution < 1.29 is 9.90 Å². The van der Waals surface area contributed by atoms with Gasteiger partial charge in [-0.15, -0.1) is 5.10 Å². The van der Waals surface area contributed by atoms with Crippen molar-refractivity contribution in [1.29, 1.82) is 0 Å². The molecule has 2 heterocycles. The van der Waals surface area contributed by atoms with Crippen molar-refractivity contribution in [1.82, 2.24) is 14.6 Å². The monoisotopic (exact) mass is 262 g/mol. The Morgan fingerprint density at radius 2 is 2.21 bits per heavy atom. The summed E-state index contributed by atoms with van der Waals surface area (Å²) in [6.07, 6.45) is 0.960. The molecule has 1 N–H and O–H groups in total. The number of anilines is 1. The van der Waals surface area contributed by atoms with E-state index >= 15 is 0 Å². The van der Waals surface area contributed by atoms with Crippen LogP contribution >= 0.6 is 0 Å². The van der Waals surface area contributed by atoms with Gasteiger partial charge in [0.25, 0.3) is 0 Å². The van der Waals surface area contributed by atoms with Crippen LogP contribution in [-0.2, 0) is 11.2 Å². The van der Waals surface area contributed by atoms with Gasteiger partial charge >= 0.3 is 5.97 Å². The molecule has 0 radical (unpaired) electrons. The van der Waals surface area contributed by atoms with E-state index in [-0.39, 0.29) is 6.42 Å². The molecule has 6 nitrogen and oxygen atoms in total. The Balaban J connectivity index is 2.47. The molecule has 0 bridgehead atoms. The molecular weight excluding hydrogens is 244 g/mol. The Morgan fingerprint density at radius 1 is 1.47 bits per heavy atom. The minimum absolute atomic E-state index is 0.0685. The van der Waals surface area contributed by atoms with Crippen molar-refractivity contribution in [3.63, 3.8) is 0 Å². The average Bonchev–Trinajstić information content (AvgIpc) is 2.65. The summed E-state index contributed by atoms with van der Waals surface area (Å²) in [5.41, 5.74) is 2.03.